The molecule has 0 unspecified atom stereocenters. The van der Waals surface area contributed by atoms with Crippen molar-refractivity contribution >= 4 is 11.6 Å². The molecular formula is C16H17N5O2. The van der Waals surface area contributed by atoms with Crippen molar-refractivity contribution in [2.24, 2.45) is 7.05 Å². The van der Waals surface area contributed by atoms with Gasteiger partial charge in [-0.15, -0.1) is 5.10 Å². The van der Waals surface area contributed by atoms with Crippen LogP contribution in [-0.4, -0.2) is 25.9 Å². The zero-order valence-electron chi connectivity index (χ0n) is 13.1. The van der Waals surface area contributed by atoms with Gasteiger partial charge in [0.1, 0.15) is 5.75 Å². The van der Waals surface area contributed by atoms with Gasteiger partial charge in [0.05, 0.1) is 11.8 Å². The third-order valence-electron chi connectivity index (χ3n) is 3.50. The predicted octanol–water partition coefficient (Wildman–Crippen LogP) is 2.80. The Bertz CT molecular complexity index is 833. The van der Waals surface area contributed by atoms with Gasteiger partial charge in [-0.1, -0.05) is 0 Å². The zero-order chi connectivity index (χ0) is 16.4. The number of aromatic amines is 1. The SMILES string of the molecule is Cc1cc(Oc2ccc(NC(=O)c3cnn(C)c3C)cc2)n[nH]1. The Morgan fingerprint density at radius 1 is 1.26 bits per heavy atom. The lowest BCUT2D eigenvalue weighted by Gasteiger charge is -2.06. The van der Waals surface area contributed by atoms with Gasteiger partial charge in [0, 0.05) is 30.2 Å². The van der Waals surface area contributed by atoms with Crippen molar-refractivity contribution in [1.29, 1.82) is 0 Å². The fourth-order valence-corrected chi connectivity index (χ4v) is 2.09. The second-order valence-electron chi connectivity index (χ2n) is 5.24. The molecule has 2 N–H and O–H groups in total. The van der Waals surface area contributed by atoms with Gasteiger partial charge in [0.15, 0.2) is 0 Å². The van der Waals surface area contributed by atoms with Crippen LogP contribution in [0.25, 0.3) is 0 Å². The van der Waals surface area contributed by atoms with E-state index in [1.165, 1.54) is 0 Å². The minimum Gasteiger partial charge on any atom is -0.438 e. The molecule has 118 valence electrons. The Morgan fingerprint density at radius 3 is 2.57 bits per heavy atom. The summed E-state index contributed by atoms with van der Waals surface area (Å²) in [5, 5.41) is 13.7. The van der Waals surface area contributed by atoms with Crippen LogP contribution >= 0.6 is 0 Å². The Hall–Kier alpha value is -3.09. The summed E-state index contributed by atoms with van der Waals surface area (Å²) in [6.45, 7) is 3.75. The van der Waals surface area contributed by atoms with Gasteiger partial charge >= 0.3 is 0 Å². The molecule has 0 spiro atoms. The number of H-pyrrole nitrogens is 1. The molecule has 7 nitrogen and oxygen atoms in total. The van der Waals surface area contributed by atoms with E-state index >= 15 is 0 Å². The first kappa shape index (κ1) is 14.8. The van der Waals surface area contributed by atoms with Crippen molar-refractivity contribution in [2.45, 2.75) is 13.8 Å². The van der Waals surface area contributed by atoms with Gasteiger partial charge in [-0.3, -0.25) is 14.6 Å². The highest BCUT2D eigenvalue weighted by Crippen LogP contribution is 2.22. The maximum absolute atomic E-state index is 12.2. The number of aryl methyl sites for hydroxylation is 2. The number of aromatic nitrogens is 4. The number of benzene rings is 1. The number of amides is 1. The lowest BCUT2D eigenvalue weighted by molar-refractivity contribution is 0.102. The molecule has 23 heavy (non-hydrogen) atoms. The average molecular weight is 311 g/mol. The van der Waals surface area contributed by atoms with Crippen LogP contribution in [-0.2, 0) is 7.05 Å². The van der Waals surface area contributed by atoms with Crippen LogP contribution in [0, 0.1) is 13.8 Å². The lowest BCUT2D eigenvalue weighted by atomic mass is 10.2. The summed E-state index contributed by atoms with van der Waals surface area (Å²) in [6, 6.07) is 8.91. The fraction of sp³-hybridized carbons (Fsp3) is 0.188. The molecule has 7 heteroatoms. The molecule has 3 aromatic rings. The quantitative estimate of drug-likeness (QED) is 0.776. The molecule has 0 aliphatic heterocycles. The van der Waals surface area contributed by atoms with E-state index in [0.29, 0.717) is 22.9 Å². The van der Waals surface area contributed by atoms with Crippen molar-refractivity contribution < 1.29 is 9.53 Å². The molecule has 0 aliphatic rings. The first-order chi connectivity index (χ1) is 11.0. The number of rotatable bonds is 4. The van der Waals surface area contributed by atoms with Gasteiger partial charge in [-0.05, 0) is 38.1 Å². The van der Waals surface area contributed by atoms with Crippen molar-refractivity contribution in [3.8, 4) is 11.6 Å². The standard InChI is InChI=1S/C16H17N5O2/c1-10-8-15(20-19-10)23-13-6-4-12(5-7-13)18-16(22)14-9-17-21(3)11(14)2/h4-9H,1-3H3,(H,18,22)(H,19,20). The van der Waals surface area contributed by atoms with Crippen LogP contribution in [0.15, 0.2) is 36.5 Å². The van der Waals surface area contributed by atoms with E-state index in [4.69, 9.17) is 4.74 Å². The highest BCUT2D eigenvalue weighted by atomic mass is 16.5. The first-order valence-electron chi connectivity index (χ1n) is 7.13. The number of hydrogen-bond acceptors (Lipinski definition) is 4. The van der Waals surface area contributed by atoms with E-state index < -0.39 is 0 Å². The van der Waals surface area contributed by atoms with Crippen LogP contribution in [0.1, 0.15) is 21.7 Å². The van der Waals surface area contributed by atoms with E-state index in [0.717, 1.165) is 11.4 Å². The highest BCUT2D eigenvalue weighted by Gasteiger charge is 2.13. The average Bonchev–Trinajstić information content (AvgIpc) is 3.08. The molecule has 1 amide bonds. The predicted molar refractivity (Wildman–Crippen MR) is 85.7 cm³/mol. The lowest BCUT2D eigenvalue weighted by Crippen LogP contribution is -2.12. The number of anilines is 1. The first-order valence-corrected chi connectivity index (χ1v) is 7.13. The third kappa shape index (κ3) is 3.23. The van der Waals surface area contributed by atoms with Crippen LogP contribution in [0.3, 0.4) is 0 Å². The largest absolute Gasteiger partial charge is 0.438 e. The van der Waals surface area contributed by atoms with E-state index in [2.05, 4.69) is 20.6 Å². The number of nitrogens with zero attached hydrogens (tertiary/aromatic N) is 3. The molecule has 0 saturated carbocycles. The van der Waals surface area contributed by atoms with Crippen molar-refractivity contribution in [3.63, 3.8) is 0 Å². The summed E-state index contributed by atoms with van der Waals surface area (Å²) in [6.07, 6.45) is 1.56. The summed E-state index contributed by atoms with van der Waals surface area (Å²) >= 11 is 0. The zero-order valence-corrected chi connectivity index (χ0v) is 13.1. The molecule has 0 bridgehead atoms. The van der Waals surface area contributed by atoms with Crippen molar-refractivity contribution in [1.82, 2.24) is 20.0 Å². The monoisotopic (exact) mass is 311 g/mol. The molecule has 0 radical (unpaired) electrons. The fourth-order valence-electron chi connectivity index (χ4n) is 2.09. The summed E-state index contributed by atoms with van der Waals surface area (Å²) in [5.41, 5.74) is 2.98. The third-order valence-corrected chi connectivity index (χ3v) is 3.50. The maximum Gasteiger partial charge on any atom is 0.259 e. The number of ether oxygens (including phenoxy) is 1. The smallest absolute Gasteiger partial charge is 0.259 e. The highest BCUT2D eigenvalue weighted by molar-refractivity contribution is 6.04. The van der Waals surface area contributed by atoms with Gasteiger partial charge in [-0.25, -0.2) is 0 Å². The van der Waals surface area contributed by atoms with E-state index in [1.54, 1.807) is 48.3 Å². The Kier molecular flexibility index (Phi) is 3.84. The topological polar surface area (TPSA) is 84.8 Å². The molecule has 0 atom stereocenters. The molecule has 0 aliphatic carbocycles. The van der Waals surface area contributed by atoms with Crippen LogP contribution in [0.5, 0.6) is 11.6 Å². The Morgan fingerprint density at radius 2 is 2.00 bits per heavy atom. The van der Waals surface area contributed by atoms with Crippen LogP contribution in [0.4, 0.5) is 5.69 Å². The van der Waals surface area contributed by atoms with Gasteiger partial charge < -0.3 is 10.1 Å². The number of carbonyl (C=O) groups is 1. The van der Waals surface area contributed by atoms with Gasteiger partial charge in [-0.2, -0.15) is 5.10 Å². The van der Waals surface area contributed by atoms with Crippen molar-refractivity contribution in [3.05, 3.63) is 53.5 Å². The van der Waals surface area contributed by atoms with Crippen LogP contribution < -0.4 is 10.1 Å². The van der Waals surface area contributed by atoms with Crippen LogP contribution in [0.2, 0.25) is 0 Å². The van der Waals surface area contributed by atoms with E-state index in [1.807, 2.05) is 13.8 Å². The summed E-state index contributed by atoms with van der Waals surface area (Å²) in [5.74, 6) is 0.963. The van der Waals surface area contributed by atoms with E-state index in [9.17, 15) is 4.79 Å². The molecule has 0 saturated heterocycles. The Balaban J connectivity index is 1.67. The second-order valence-corrected chi connectivity index (χ2v) is 5.24. The molecule has 3 rings (SSSR count). The normalized spacial score (nSPS) is 10.6. The summed E-state index contributed by atoms with van der Waals surface area (Å²) in [4.78, 5) is 12.2. The number of hydrogen-bond donors (Lipinski definition) is 2. The number of nitrogens with one attached hydrogen (secondary N) is 2. The van der Waals surface area contributed by atoms with Crippen molar-refractivity contribution in [2.75, 3.05) is 5.32 Å². The minimum atomic E-state index is -0.188. The molecule has 0 fully saturated rings. The second kappa shape index (κ2) is 5.96. The van der Waals surface area contributed by atoms with E-state index in [-0.39, 0.29) is 5.91 Å². The summed E-state index contributed by atoms with van der Waals surface area (Å²) < 4.78 is 7.26. The minimum absolute atomic E-state index is 0.188. The Labute approximate surface area is 133 Å². The van der Waals surface area contributed by atoms with Gasteiger partial charge in [0.25, 0.3) is 5.91 Å². The molecule has 2 aromatic heterocycles. The molecular weight excluding hydrogens is 294 g/mol. The maximum atomic E-state index is 12.2. The molecule has 2 heterocycles. The number of carbonyl (C=O) groups excluding carboxylic acids is 1. The van der Waals surface area contributed by atoms with Gasteiger partial charge in [0.2, 0.25) is 5.88 Å². The summed E-state index contributed by atoms with van der Waals surface area (Å²) in [7, 11) is 1.80. The molecule has 1 aromatic carbocycles.